The average molecular weight is 286 g/mol. The van der Waals surface area contributed by atoms with E-state index in [-0.39, 0.29) is 17.0 Å². The molecule has 0 aliphatic rings. The number of rotatable bonds is 3. The molecule has 0 fully saturated rings. The molecule has 1 aromatic heterocycles. The molecule has 0 spiro atoms. The first-order valence-electron chi connectivity index (χ1n) is 5.30. The zero-order valence-electron chi connectivity index (χ0n) is 9.28. The number of hydrogen-bond acceptors (Lipinski definition) is 2. The van der Waals surface area contributed by atoms with Crippen LogP contribution in [-0.4, -0.2) is 10.1 Å². The summed E-state index contributed by atoms with van der Waals surface area (Å²) in [7, 11) is 0. The maximum absolute atomic E-state index is 13.7. The maximum atomic E-state index is 13.7. The van der Waals surface area contributed by atoms with Gasteiger partial charge in [0.15, 0.2) is 0 Å². The van der Waals surface area contributed by atoms with Gasteiger partial charge in [-0.3, -0.25) is 4.98 Å². The number of aromatic nitrogens is 1. The zero-order valence-corrected chi connectivity index (χ0v) is 10.8. The highest BCUT2D eigenvalue weighted by atomic mass is 35.5. The highest BCUT2D eigenvalue weighted by Gasteiger charge is 2.16. The molecule has 1 N–H and O–H groups in total. The lowest BCUT2D eigenvalue weighted by molar-refractivity contribution is 0.173. The monoisotopic (exact) mass is 285 g/mol. The van der Waals surface area contributed by atoms with Gasteiger partial charge in [-0.1, -0.05) is 35.3 Å². The topological polar surface area (TPSA) is 33.1 Å². The third-order valence-electron chi connectivity index (χ3n) is 2.61. The molecular formula is C13H10Cl2FNO. The van der Waals surface area contributed by atoms with Crippen LogP contribution in [-0.2, 0) is 6.42 Å². The SMILES string of the molecule is OC(Cc1ccncc1Cl)c1cccc(Cl)c1F. The number of halogens is 3. The Morgan fingerprint density at radius 3 is 2.72 bits per heavy atom. The normalized spacial score (nSPS) is 12.4. The minimum atomic E-state index is -0.997. The van der Waals surface area contributed by atoms with Gasteiger partial charge in [0, 0.05) is 24.4 Å². The Kier molecular flexibility index (Phi) is 4.17. The van der Waals surface area contributed by atoms with Crippen molar-refractivity contribution in [1.82, 2.24) is 4.98 Å². The molecule has 0 saturated carbocycles. The number of benzene rings is 1. The number of hydrogen-bond donors (Lipinski definition) is 1. The van der Waals surface area contributed by atoms with E-state index in [0.717, 1.165) is 0 Å². The van der Waals surface area contributed by atoms with Crippen molar-refractivity contribution in [3.8, 4) is 0 Å². The smallest absolute Gasteiger partial charge is 0.147 e. The van der Waals surface area contributed by atoms with E-state index in [1.54, 1.807) is 18.3 Å². The van der Waals surface area contributed by atoms with Crippen molar-refractivity contribution in [1.29, 1.82) is 0 Å². The Labute approximate surface area is 114 Å². The highest BCUT2D eigenvalue weighted by molar-refractivity contribution is 6.31. The highest BCUT2D eigenvalue weighted by Crippen LogP contribution is 2.27. The van der Waals surface area contributed by atoms with Crippen molar-refractivity contribution >= 4 is 23.2 Å². The van der Waals surface area contributed by atoms with Gasteiger partial charge in [0.1, 0.15) is 5.82 Å². The minimum absolute atomic E-state index is 0.00706. The minimum Gasteiger partial charge on any atom is -0.388 e. The van der Waals surface area contributed by atoms with Crippen molar-refractivity contribution in [2.24, 2.45) is 0 Å². The molecule has 5 heteroatoms. The van der Waals surface area contributed by atoms with Crippen LogP contribution in [0.1, 0.15) is 17.2 Å². The second kappa shape index (κ2) is 5.65. The molecular weight excluding hydrogens is 276 g/mol. The summed E-state index contributed by atoms with van der Waals surface area (Å²) in [5, 5.41) is 10.5. The molecule has 18 heavy (non-hydrogen) atoms. The van der Waals surface area contributed by atoms with Crippen LogP contribution in [0.2, 0.25) is 10.0 Å². The van der Waals surface area contributed by atoms with Gasteiger partial charge in [-0.2, -0.15) is 0 Å². The van der Waals surface area contributed by atoms with Gasteiger partial charge in [-0.15, -0.1) is 0 Å². The van der Waals surface area contributed by atoms with Crippen LogP contribution in [0.3, 0.4) is 0 Å². The number of aliphatic hydroxyl groups excluding tert-OH is 1. The van der Waals surface area contributed by atoms with E-state index in [4.69, 9.17) is 23.2 Å². The number of aliphatic hydroxyl groups is 1. The van der Waals surface area contributed by atoms with Crippen molar-refractivity contribution in [2.45, 2.75) is 12.5 Å². The predicted octanol–water partition coefficient (Wildman–Crippen LogP) is 3.80. The summed E-state index contributed by atoms with van der Waals surface area (Å²) in [6.45, 7) is 0. The van der Waals surface area contributed by atoms with Gasteiger partial charge in [-0.05, 0) is 17.7 Å². The lowest BCUT2D eigenvalue weighted by Crippen LogP contribution is -2.05. The molecule has 2 aromatic rings. The maximum Gasteiger partial charge on any atom is 0.147 e. The first-order chi connectivity index (χ1) is 8.59. The molecule has 94 valence electrons. The molecule has 1 atom stereocenters. The van der Waals surface area contributed by atoms with Gasteiger partial charge in [0.2, 0.25) is 0 Å². The van der Waals surface area contributed by atoms with Crippen LogP contribution in [0.15, 0.2) is 36.7 Å². The summed E-state index contributed by atoms with van der Waals surface area (Å²) in [6.07, 6.45) is 2.27. The van der Waals surface area contributed by atoms with Crippen LogP contribution >= 0.6 is 23.2 Å². The van der Waals surface area contributed by atoms with E-state index >= 15 is 0 Å². The summed E-state index contributed by atoms with van der Waals surface area (Å²) in [5.41, 5.74) is 0.869. The summed E-state index contributed by atoms with van der Waals surface area (Å²) >= 11 is 11.6. The van der Waals surface area contributed by atoms with Crippen molar-refractivity contribution in [3.63, 3.8) is 0 Å². The first kappa shape index (κ1) is 13.3. The van der Waals surface area contributed by atoms with Crippen molar-refractivity contribution < 1.29 is 9.50 Å². The third-order valence-corrected chi connectivity index (χ3v) is 3.24. The molecule has 0 bridgehead atoms. The standard InChI is InChI=1S/C13H10Cl2FNO/c14-10-3-1-2-9(13(10)16)12(18)6-8-4-5-17-7-11(8)15/h1-5,7,12,18H,6H2. The molecule has 0 aliphatic carbocycles. The van der Waals surface area contributed by atoms with E-state index in [9.17, 15) is 9.50 Å². The number of nitrogens with zero attached hydrogens (tertiary/aromatic N) is 1. The largest absolute Gasteiger partial charge is 0.388 e. The molecule has 2 rings (SSSR count). The van der Waals surface area contributed by atoms with Crippen LogP contribution in [0.5, 0.6) is 0 Å². The first-order valence-corrected chi connectivity index (χ1v) is 6.05. The van der Waals surface area contributed by atoms with Gasteiger partial charge >= 0.3 is 0 Å². The summed E-state index contributed by atoms with van der Waals surface area (Å²) in [6, 6.07) is 6.22. The van der Waals surface area contributed by atoms with Crippen LogP contribution < -0.4 is 0 Å². The molecule has 0 amide bonds. The molecule has 0 saturated heterocycles. The van der Waals surface area contributed by atoms with E-state index < -0.39 is 11.9 Å². The lowest BCUT2D eigenvalue weighted by atomic mass is 10.0. The van der Waals surface area contributed by atoms with E-state index in [1.165, 1.54) is 18.3 Å². The van der Waals surface area contributed by atoms with E-state index in [1.807, 2.05) is 0 Å². The zero-order chi connectivity index (χ0) is 13.1. The van der Waals surface area contributed by atoms with Crippen molar-refractivity contribution in [2.75, 3.05) is 0 Å². The van der Waals surface area contributed by atoms with Crippen molar-refractivity contribution in [3.05, 3.63) is 63.6 Å². The van der Waals surface area contributed by atoms with Crippen LogP contribution in [0, 0.1) is 5.82 Å². The van der Waals surface area contributed by atoms with Gasteiger partial charge in [0.05, 0.1) is 16.1 Å². The Bertz CT molecular complexity index is 562. The fourth-order valence-electron chi connectivity index (χ4n) is 1.67. The Morgan fingerprint density at radius 2 is 2.00 bits per heavy atom. The molecule has 1 heterocycles. The quantitative estimate of drug-likeness (QED) is 0.930. The molecule has 2 nitrogen and oxygen atoms in total. The fourth-order valence-corrected chi connectivity index (χ4v) is 2.04. The number of pyridine rings is 1. The molecule has 1 aromatic carbocycles. The summed E-state index contributed by atoms with van der Waals surface area (Å²) in [4.78, 5) is 3.85. The molecule has 1 unspecified atom stereocenters. The summed E-state index contributed by atoms with van der Waals surface area (Å²) in [5.74, 6) is -0.600. The van der Waals surface area contributed by atoms with Gasteiger partial charge in [-0.25, -0.2) is 4.39 Å². The van der Waals surface area contributed by atoms with Gasteiger partial charge < -0.3 is 5.11 Å². The second-order valence-electron chi connectivity index (χ2n) is 3.83. The molecule has 0 radical (unpaired) electrons. The van der Waals surface area contributed by atoms with E-state index in [0.29, 0.717) is 10.6 Å². The second-order valence-corrected chi connectivity index (χ2v) is 4.64. The van der Waals surface area contributed by atoms with Crippen LogP contribution in [0.25, 0.3) is 0 Å². The Hall–Kier alpha value is -1.16. The Balaban J connectivity index is 2.25. The lowest BCUT2D eigenvalue weighted by Gasteiger charge is -2.13. The average Bonchev–Trinajstić information content (AvgIpc) is 2.35. The van der Waals surface area contributed by atoms with Gasteiger partial charge in [0.25, 0.3) is 0 Å². The Morgan fingerprint density at radius 1 is 1.22 bits per heavy atom. The van der Waals surface area contributed by atoms with Crippen LogP contribution in [0.4, 0.5) is 4.39 Å². The third kappa shape index (κ3) is 2.80. The predicted molar refractivity (Wildman–Crippen MR) is 69.3 cm³/mol. The molecule has 0 aliphatic heterocycles. The van der Waals surface area contributed by atoms with E-state index in [2.05, 4.69) is 4.98 Å². The fraction of sp³-hybridized carbons (Fsp3) is 0.154. The summed E-state index contributed by atoms with van der Waals surface area (Å²) < 4.78 is 13.7.